The van der Waals surface area contributed by atoms with Gasteiger partial charge < -0.3 is 4.74 Å². The molecule has 1 aliphatic carbocycles. The third kappa shape index (κ3) is 1.69. The Morgan fingerprint density at radius 1 is 1.24 bits per heavy atom. The van der Waals surface area contributed by atoms with Gasteiger partial charge in [-0.05, 0) is 35.9 Å². The fourth-order valence-electron chi connectivity index (χ4n) is 2.02. The molecule has 17 heavy (non-hydrogen) atoms. The van der Waals surface area contributed by atoms with E-state index in [-0.39, 0.29) is 5.78 Å². The van der Waals surface area contributed by atoms with Crippen LogP contribution in [0.25, 0.3) is 17.0 Å². The van der Waals surface area contributed by atoms with Crippen LogP contribution in [0.2, 0.25) is 0 Å². The highest BCUT2D eigenvalue weighted by molar-refractivity contribution is 5.99. The molecule has 0 N–H and O–H groups in total. The summed E-state index contributed by atoms with van der Waals surface area (Å²) >= 11 is 0. The van der Waals surface area contributed by atoms with E-state index in [9.17, 15) is 4.79 Å². The van der Waals surface area contributed by atoms with E-state index in [0.717, 1.165) is 27.9 Å². The second kappa shape index (κ2) is 3.70. The minimum absolute atomic E-state index is 0.104. The van der Waals surface area contributed by atoms with Gasteiger partial charge in [0.25, 0.3) is 0 Å². The van der Waals surface area contributed by atoms with Gasteiger partial charge in [-0.1, -0.05) is 0 Å². The first-order valence-electron chi connectivity index (χ1n) is 5.45. The van der Waals surface area contributed by atoms with Gasteiger partial charge in [-0.3, -0.25) is 9.78 Å². The van der Waals surface area contributed by atoms with Gasteiger partial charge in [0, 0.05) is 11.5 Å². The van der Waals surface area contributed by atoms with Crippen molar-refractivity contribution in [1.82, 2.24) is 4.98 Å². The summed E-state index contributed by atoms with van der Waals surface area (Å²) in [6.07, 6.45) is 3.83. The number of ether oxygens (including phenoxy) is 1. The van der Waals surface area contributed by atoms with Gasteiger partial charge in [-0.15, -0.1) is 0 Å². The Kier molecular flexibility index (Phi) is 2.18. The fraction of sp³-hybridized carbons (Fsp3) is 0.143. The molecule has 2 aromatic rings. The number of hydrogen-bond donors (Lipinski definition) is 0. The molecule has 0 bridgehead atoms. The number of nitrogens with zero attached hydrogens (tertiary/aromatic N) is 1. The van der Waals surface area contributed by atoms with Crippen molar-refractivity contribution in [3.63, 3.8) is 0 Å². The number of benzene rings is 1. The van der Waals surface area contributed by atoms with Gasteiger partial charge >= 0.3 is 0 Å². The molecule has 0 saturated heterocycles. The number of hydrogen-bond acceptors (Lipinski definition) is 3. The molecule has 3 nitrogen and oxygen atoms in total. The van der Waals surface area contributed by atoms with Crippen LogP contribution in [0, 0.1) is 0 Å². The Labute approximate surface area is 98.7 Å². The molecule has 0 fully saturated rings. The van der Waals surface area contributed by atoms with Crippen LogP contribution in [0.15, 0.2) is 30.3 Å². The molecular formula is C14H11NO2. The van der Waals surface area contributed by atoms with E-state index in [1.165, 1.54) is 0 Å². The lowest BCUT2D eigenvalue weighted by atomic mass is 10.00. The van der Waals surface area contributed by atoms with E-state index in [2.05, 4.69) is 11.1 Å². The Hall–Kier alpha value is -2.16. The van der Waals surface area contributed by atoms with Crippen molar-refractivity contribution in [2.24, 2.45) is 0 Å². The average Bonchev–Trinajstić information content (AvgIpc) is 2.35. The van der Waals surface area contributed by atoms with Crippen LogP contribution in [0.4, 0.5) is 0 Å². The Morgan fingerprint density at radius 2 is 2.12 bits per heavy atom. The Morgan fingerprint density at radius 3 is 2.94 bits per heavy atom. The maximum absolute atomic E-state index is 11.3. The van der Waals surface area contributed by atoms with Gasteiger partial charge in [-0.2, -0.15) is 0 Å². The molecule has 84 valence electrons. The van der Waals surface area contributed by atoms with Crippen LogP contribution in [0.5, 0.6) is 5.75 Å². The third-order valence-corrected chi connectivity index (χ3v) is 2.93. The van der Waals surface area contributed by atoms with Crippen molar-refractivity contribution >= 4 is 22.8 Å². The van der Waals surface area contributed by atoms with E-state index >= 15 is 0 Å². The van der Waals surface area contributed by atoms with E-state index in [1.807, 2.05) is 24.3 Å². The quantitative estimate of drug-likeness (QED) is 0.748. The SMILES string of the molecule is COc1ccc2cc3c(nc2c1)CC(=O)C=C3. The lowest BCUT2D eigenvalue weighted by molar-refractivity contribution is -0.114. The molecular weight excluding hydrogens is 214 g/mol. The number of methoxy groups -OCH3 is 1. The molecule has 0 radical (unpaired) electrons. The van der Waals surface area contributed by atoms with Crippen LogP contribution in [-0.4, -0.2) is 17.9 Å². The second-order valence-corrected chi connectivity index (χ2v) is 4.06. The van der Waals surface area contributed by atoms with Crippen molar-refractivity contribution < 1.29 is 9.53 Å². The largest absolute Gasteiger partial charge is 0.497 e. The number of carbonyl (C=O) groups excluding carboxylic acids is 1. The molecule has 0 spiro atoms. The first-order chi connectivity index (χ1) is 8.26. The summed E-state index contributed by atoms with van der Waals surface area (Å²) in [6, 6.07) is 7.83. The zero-order valence-electron chi connectivity index (χ0n) is 9.43. The van der Waals surface area contributed by atoms with Gasteiger partial charge in [0.05, 0.1) is 24.7 Å². The minimum Gasteiger partial charge on any atom is -0.497 e. The summed E-state index contributed by atoms with van der Waals surface area (Å²) in [7, 11) is 1.63. The molecule has 1 aromatic heterocycles. The van der Waals surface area contributed by atoms with Crippen molar-refractivity contribution in [3.05, 3.63) is 41.6 Å². The average molecular weight is 225 g/mol. The summed E-state index contributed by atoms with van der Waals surface area (Å²) in [4.78, 5) is 15.9. The Bertz CT molecular complexity index is 644. The Balaban J connectivity index is 2.23. The third-order valence-electron chi connectivity index (χ3n) is 2.93. The number of fused-ring (bicyclic) bond motifs is 2. The summed E-state index contributed by atoms with van der Waals surface area (Å²) in [6.45, 7) is 0. The van der Waals surface area contributed by atoms with Crippen LogP contribution in [0.1, 0.15) is 11.3 Å². The molecule has 3 heteroatoms. The fourth-order valence-corrected chi connectivity index (χ4v) is 2.02. The van der Waals surface area contributed by atoms with Crippen molar-refractivity contribution in [3.8, 4) is 5.75 Å². The molecule has 0 unspecified atom stereocenters. The molecule has 1 heterocycles. The van der Waals surface area contributed by atoms with Gasteiger partial charge in [0.2, 0.25) is 0 Å². The van der Waals surface area contributed by atoms with E-state index in [1.54, 1.807) is 13.2 Å². The summed E-state index contributed by atoms with van der Waals surface area (Å²) in [5.41, 5.74) is 2.74. The highest BCUT2D eigenvalue weighted by Gasteiger charge is 2.12. The number of pyridine rings is 1. The minimum atomic E-state index is 0.104. The van der Waals surface area contributed by atoms with Crippen LogP contribution in [0.3, 0.4) is 0 Å². The summed E-state index contributed by atoms with van der Waals surface area (Å²) < 4.78 is 5.17. The molecule has 3 rings (SSSR count). The van der Waals surface area contributed by atoms with E-state index in [0.29, 0.717) is 6.42 Å². The topological polar surface area (TPSA) is 39.2 Å². The number of allylic oxidation sites excluding steroid dienone is 1. The molecule has 0 amide bonds. The normalized spacial score (nSPS) is 13.8. The zero-order chi connectivity index (χ0) is 11.8. The van der Waals surface area contributed by atoms with Crippen LogP contribution >= 0.6 is 0 Å². The zero-order valence-corrected chi connectivity index (χ0v) is 9.43. The van der Waals surface area contributed by atoms with Crippen LogP contribution < -0.4 is 4.74 Å². The molecule has 0 atom stereocenters. The number of rotatable bonds is 1. The summed E-state index contributed by atoms with van der Waals surface area (Å²) in [5, 5.41) is 1.06. The van der Waals surface area contributed by atoms with Crippen LogP contribution in [-0.2, 0) is 11.2 Å². The highest BCUT2D eigenvalue weighted by atomic mass is 16.5. The standard InChI is InChI=1S/C14H11NO2/c1-17-12-5-3-10-6-9-2-4-11(16)7-13(9)15-14(10)8-12/h2-6,8H,7H2,1H3. The van der Waals surface area contributed by atoms with E-state index in [4.69, 9.17) is 4.74 Å². The van der Waals surface area contributed by atoms with Gasteiger partial charge in [0.1, 0.15) is 5.75 Å². The highest BCUT2D eigenvalue weighted by Crippen LogP contribution is 2.24. The summed E-state index contributed by atoms with van der Waals surface area (Å²) in [5.74, 6) is 0.884. The molecule has 0 aliphatic heterocycles. The second-order valence-electron chi connectivity index (χ2n) is 4.06. The monoisotopic (exact) mass is 225 g/mol. The van der Waals surface area contributed by atoms with Crippen molar-refractivity contribution in [2.75, 3.05) is 7.11 Å². The smallest absolute Gasteiger partial charge is 0.161 e. The maximum Gasteiger partial charge on any atom is 0.161 e. The maximum atomic E-state index is 11.3. The molecule has 1 aromatic carbocycles. The number of ketones is 1. The molecule has 1 aliphatic rings. The lowest BCUT2D eigenvalue weighted by Crippen LogP contribution is -2.07. The predicted molar refractivity (Wildman–Crippen MR) is 66.0 cm³/mol. The van der Waals surface area contributed by atoms with E-state index < -0.39 is 0 Å². The van der Waals surface area contributed by atoms with Crippen molar-refractivity contribution in [1.29, 1.82) is 0 Å². The number of aromatic nitrogens is 1. The first-order valence-corrected chi connectivity index (χ1v) is 5.45. The van der Waals surface area contributed by atoms with Gasteiger partial charge in [0.15, 0.2) is 5.78 Å². The lowest BCUT2D eigenvalue weighted by Gasteiger charge is -2.10. The van der Waals surface area contributed by atoms with Crippen molar-refractivity contribution in [2.45, 2.75) is 6.42 Å². The molecule has 0 saturated carbocycles. The van der Waals surface area contributed by atoms with Gasteiger partial charge in [-0.25, -0.2) is 0 Å². The predicted octanol–water partition coefficient (Wildman–Crippen LogP) is 2.38. The number of carbonyl (C=O) groups is 1. The first kappa shape index (κ1) is 10.0.